The van der Waals surface area contributed by atoms with Crippen molar-refractivity contribution in [2.24, 2.45) is 5.92 Å². The van der Waals surface area contributed by atoms with Gasteiger partial charge >= 0.3 is 0 Å². The topological polar surface area (TPSA) is 26.2 Å². The van der Waals surface area contributed by atoms with Crippen molar-refractivity contribution >= 4 is 22.5 Å². The summed E-state index contributed by atoms with van der Waals surface area (Å²) in [5.74, 6) is 1.73. The van der Waals surface area contributed by atoms with Crippen LogP contribution in [0.25, 0.3) is 10.9 Å². The Kier molecular flexibility index (Phi) is 6.00. The second-order valence-corrected chi connectivity index (χ2v) is 7.86. The molecule has 4 rings (SSSR count). The molecule has 0 unspecified atom stereocenters. The number of ether oxygens (including phenoxy) is 1. The number of fused-ring (bicyclic) bond motifs is 1. The molecule has 1 aromatic heterocycles. The van der Waals surface area contributed by atoms with Crippen molar-refractivity contribution in [2.75, 3.05) is 13.1 Å². The first-order chi connectivity index (χ1) is 13.3. The van der Waals surface area contributed by atoms with Crippen LogP contribution in [0.15, 0.2) is 54.6 Å². The molecule has 3 aromatic rings. The molecule has 2 heterocycles. The maximum Gasteiger partial charge on any atom is 0.128 e. The number of piperidine rings is 1. The summed E-state index contributed by atoms with van der Waals surface area (Å²) in [4.78, 5) is 0. The first-order valence-electron chi connectivity index (χ1n) is 9.96. The summed E-state index contributed by atoms with van der Waals surface area (Å²) in [5.41, 5.74) is 2.54. The van der Waals surface area contributed by atoms with Gasteiger partial charge in [0.05, 0.1) is 5.69 Å². The standard InChI is InChI=1S/C23H27ClN2O/c24-20-7-9-22(10-8-20)27-17-21-16-19-5-1-2-6-23(19)26(21)15-3-4-18-11-13-25-14-12-18/h1-2,5-10,16,18,25H,3-4,11-15,17H2. The molecule has 0 spiro atoms. The molecule has 27 heavy (non-hydrogen) atoms. The molecule has 0 atom stereocenters. The summed E-state index contributed by atoms with van der Waals surface area (Å²) in [6.45, 7) is 3.98. The van der Waals surface area contributed by atoms with E-state index in [1.165, 1.54) is 55.4 Å². The third kappa shape index (κ3) is 4.66. The Bertz CT molecular complexity index is 866. The van der Waals surface area contributed by atoms with E-state index in [0.717, 1.165) is 23.2 Å². The number of hydrogen-bond acceptors (Lipinski definition) is 2. The van der Waals surface area contributed by atoms with Crippen molar-refractivity contribution < 1.29 is 4.74 Å². The van der Waals surface area contributed by atoms with Crippen molar-refractivity contribution in [1.29, 1.82) is 0 Å². The fraction of sp³-hybridized carbons (Fsp3) is 0.391. The summed E-state index contributed by atoms with van der Waals surface area (Å²) < 4.78 is 8.46. The molecule has 0 radical (unpaired) electrons. The lowest BCUT2D eigenvalue weighted by molar-refractivity contribution is 0.292. The van der Waals surface area contributed by atoms with Gasteiger partial charge in [0.15, 0.2) is 0 Å². The number of nitrogens with one attached hydrogen (secondary N) is 1. The fourth-order valence-corrected chi connectivity index (χ4v) is 4.17. The van der Waals surface area contributed by atoms with E-state index in [4.69, 9.17) is 16.3 Å². The van der Waals surface area contributed by atoms with E-state index in [0.29, 0.717) is 6.61 Å². The Labute approximate surface area is 166 Å². The van der Waals surface area contributed by atoms with Crippen LogP contribution in [-0.4, -0.2) is 17.7 Å². The van der Waals surface area contributed by atoms with Crippen LogP contribution < -0.4 is 10.1 Å². The first-order valence-corrected chi connectivity index (χ1v) is 10.3. The molecule has 3 nitrogen and oxygen atoms in total. The predicted molar refractivity (Wildman–Crippen MR) is 113 cm³/mol. The van der Waals surface area contributed by atoms with Gasteiger partial charge in [-0.25, -0.2) is 0 Å². The van der Waals surface area contributed by atoms with Crippen molar-refractivity contribution in [3.8, 4) is 5.75 Å². The minimum atomic E-state index is 0.573. The van der Waals surface area contributed by atoms with Gasteiger partial charge in [0.25, 0.3) is 0 Å². The molecule has 1 aliphatic heterocycles. The normalized spacial score (nSPS) is 15.3. The summed E-state index contributed by atoms with van der Waals surface area (Å²) in [6, 6.07) is 18.5. The van der Waals surface area contributed by atoms with Crippen LogP contribution in [0.5, 0.6) is 5.75 Å². The minimum absolute atomic E-state index is 0.573. The first kappa shape index (κ1) is 18.4. The van der Waals surface area contributed by atoms with Crippen molar-refractivity contribution in [3.63, 3.8) is 0 Å². The number of hydrogen-bond donors (Lipinski definition) is 1. The lowest BCUT2D eigenvalue weighted by Gasteiger charge is -2.22. The van der Waals surface area contributed by atoms with Crippen molar-refractivity contribution in [3.05, 3.63) is 65.3 Å². The Morgan fingerprint density at radius 2 is 1.81 bits per heavy atom. The molecule has 142 valence electrons. The molecule has 1 N–H and O–H groups in total. The highest BCUT2D eigenvalue weighted by Crippen LogP contribution is 2.24. The third-order valence-corrected chi connectivity index (χ3v) is 5.80. The Morgan fingerprint density at radius 3 is 2.63 bits per heavy atom. The van der Waals surface area contributed by atoms with E-state index in [9.17, 15) is 0 Å². The molecule has 1 aliphatic rings. The van der Waals surface area contributed by atoms with Crippen LogP contribution in [0.4, 0.5) is 0 Å². The molecular formula is C23H27ClN2O. The van der Waals surface area contributed by atoms with Gasteiger partial charge in [0, 0.05) is 17.1 Å². The monoisotopic (exact) mass is 382 g/mol. The van der Waals surface area contributed by atoms with Gasteiger partial charge in [0.1, 0.15) is 12.4 Å². The number of aryl methyl sites for hydroxylation is 1. The fourth-order valence-electron chi connectivity index (χ4n) is 4.05. The molecule has 4 heteroatoms. The van der Waals surface area contributed by atoms with Crippen LogP contribution in [0, 0.1) is 5.92 Å². The zero-order valence-corrected chi connectivity index (χ0v) is 16.4. The average Bonchev–Trinajstić information content (AvgIpc) is 3.06. The minimum Gasteiger partial charge on any atom is -0.487 e. The van der Waals surface area contributed by atoms with E-state index in [-0.39, 0.29) is 0 Å². The van der Waals surface area contributed by atoms with E-state index in [2.05, 4.69) is 40.2 Å². The number of aromatic nitrogens is 1. The molecule has 1 saturated heterocycles. The Hall–Kier alpha value is -1.97. The molecule has 0 amide bonds. The lowest BCUT2D eigenvalue weighted by atomic mass is 9.93. The van der Waals surface area contributed by atoms with Crippen LogP contribution in [0.1, 0.15) is 31.4 Å². The summed E-state index contributed by atoms with van der Waals surface area (Å²) >= 11 is 5.97. The summed E-state index contributed by atoms with van der Waals surface area (Å²) in [5, 5.41) is 5.47. The van der Waals surface area contributed by atoms with E-state index >= 15 is 0 Å². The smallest absolute Gasteiger partial charge is 0.128 e. The van der Waals surface area contributed by atoms with Crippen LogP contribution in [0.3, 0.4) is 0 Å². The quantitative estimate of drug-likeness (QED) is 0.571. The highest BCUT2D eigenvalue weighted by molar-refractivity contribution is 6.30. The largest absolute Gasteiger partial charge is 0.487 e. The average molecular weight is 383 g/mol. The molecular weight excluding hydrogens is 356 g/mol. The number of nitrogens with zero attached hydrogens (tertiary/aromatic N) is 1. The number of para-hydroxylation sites is 1. The van der Waals surface area contributed by atoms with Gasteiger partial charge < -0.3 is 14.6 Å². The van der Waals surface area contributed by atoms with Crippen molar-refractivity contribution in [1.82, 2.24) is 9.88 Å². The van der Waals surface area contributed by atoms with Gasteiger partial charge in [-0.2, -0.15) is 0 Å². The van der Waals surface area contributed by atoms with Crippen LogP contribution >= 0.6 is 11.6 Å². The van der Waals surface area contributed by atoms with Gasteiger partial charge in [-0.05, 0) is 86.5 Å². The lowest BCUT2D eigenvalue weighted by Crippen LogP contribution is -2.27. The zero-order valence-electron chi connectivity index (χ0n) is 15.7. The van der Waals surface area contributed by atoms with Crippen molar-refractivity contribution in [2.45, 2.75) is 38.8 Å². The van der Waals surface area contributed by atoms with Crippen LogP contribution in [-0.2, 0) is 13.2 Å². The molecule has 0 bridgehead atoms. The van der Waals surface area contributed by atoms with E-state index in [1.807, 2.05) is 24.3 Å². The SMILES string of the molecule is Clc1ccc(OCc2cc3ccccc3n2CCCC2CCNCC2)cc1. The zero-order chi connectivity index (χ0) is 18.5. The molecule has 0 saturated carbocycles. The number of benzene rings is 2. The maximum atomic E-state index is 6.03. The van der Waals surface area contributed by atoms with Gasteiger partial charge in [-0.3, -0.25) is 0 Å². The maximum absolute atomic E-state index is 6.03. The Balaban J connectivity index is 1.45. The van der Waals surface area contributed by atoms with Gasteiger partial charge in [0.2, 0.25) is 0 Å². The summed E-state index contributed by atoms with van der Waals surface area (Å²) in [7, 11) is 0. The van der Waals surface area contributed by atoms with Gasteiger partial charge in [-0.15, -0.1) is 0 Å². The second kappa shape index (κ2) is 8.81. The molecule has 0 aliphatic carbocycles. The third-order valence-electron chi connectivity index (χ3n) is 5.55. The highest BCUT2D eigenvalue weighted by atomic mass is 35.5. The summed E-state index contributed by atoms with van der Waals surface area (Å²) in [6.07, 6.45) is 5.17. The van der Waals surface area contributed by atoms with E-state index in [1.54, 1.807) is 0 Å². The Morgan fingerprint density at radius 1 is 1.04 bits per heavy atom. The van der Waals surface area contributed by atoms with Crippen LogP contribution in [0.2, 0.25) is 5.02 Å². The van der Waals surface area contributed by atoms with E-state index < -0.39 is 0 Å². The van der Waals surface area contributed by atoms with Gasteiger partial charge in [-0.1, -0.05) is 29.8 Å². The highest BCUT2D eigenvalue weighted by Gasteiger charge is 2.14. The number of rotatable bonds is 7. The number of halogens is 1. The second-order valence-electron chi connectivity index (χ2n) is 7.42. The molecule has 2 aromatic carbocycles. The molecule has 1 fully saturated rings. The predicted octanol–water partition coefficient (Wildman–Crippen LogP) is 5.65.